The fourth-order valence-electron chi connectivity index (χ4n) is 4.78. The number of nitrogens with zero attached hydrogens (tertiary/aromatic N) is 5. The summed E-state index contributed by atoms with van der Waals surface area (Å²) >= 11 is 8.19. The highest BCUT2D eigenvalue weighted by Crippen LogP contribution is 2.42. The van der Waals surface area contributed by atoms with E-state index in [1.165, 1.54) is 11.8 Å². The third-order valence-corrected chi connectivity index (χ3v) is 8.46. The number of anilines is 1. The predicted octanol–water partition coefficient (Wildman–Crippen LogP) is 4.50. The van der Waals surface area contributed by atoms with Gasteiger partial charge in [-0.3, -0.25) is 4.68 Å². The van der Waals surface area contributed by atoms with Crippen molar-refractivity contribution in [2.24, 2.45) is 11.1 Å². The third kappa shape index (κ3) is 4.37. The van der Waals surface area contributed by atoms with Crippen LogP contribution in [-0.2, 0) is 11.3 Å². The van der Waals surface area contributed by atoms with Gasteiger partial charge in [-0.15, -0.1) is 0 Å². The average Bonchev–Trinajstić information content (AvgIpc) is 3.43. The summed E-state index contributed by atoms with van der Waals surface area (Å²) in [6.07, 6.45) is 7.98. The summed E-state index contributed by atoms with van der Waals surface area (Å²) in [6, 6.07) is 8.07. The summed E-state index contributed by atoms with van der Waals surface area (Å²) in [5, 5.41) is 5.92. The van der Waals surface area contributed by atoms with E-state index in [0.29, 0.717) is 10.2 Å². The number of halogens is 1. The average molecular weight is 485 g/mol. The molecule has 2 aliphatic rings. The maximum Gasteiger partial charge on any atom is 0.192 e. The van der Waals surface area contributed by atoms with Gasteiger partial charge in [-0.2, -0.15) is 5.10 Å². The van der Waals surface area contributed by atoms with Gasteiger partial charge >= 0.3 is 0 Å². The van der Waals surface area contributed by atoms with Gasteiger partial charge in [-0.05, 0) is 50.6 Å². The summed E-state index contributed by atoms with van der Waals surface area (Å²) in [7, 11) is 0. The van der Waals surface area contributed by atoms with E-state index in [1.807, 2.05) is 47.5 Å². The van der Waals surface area contributed by atoms with Crippen molar-refractivity contribution in [3.8, 4) is 11.3 Å². The summed E-state index contributed by atoms with van der Waals surface area (Å²) < 4.78 is 7.73. The molecule has 2 aromatic heterocycles. The Bertz CT molecular complexity index is 1110. The van der Waals surface area contributed by atoms with Crippen LogP contribution >= 0.6 is 23.4 Å². The van der Waals surface area contributed by atoms with Gasteiger partial charge < -0.3 is 15.4 Å². The van der Waals surface area contributed by atoms with Crippen LogP contribution in [0.4, 0.5) is 5.69 Å². The van der Waals surface area contributed by atoms with E-state index in [1.54, 1.807) is 0 Å². The highest BCUT2D eigenvalue weighted by molar-refractivity contribution is 7.99. The number of ether oxygens (including phenoxy) is 1. The van der Waals surface area contributed by atoms with Gasteiger partial charge in [0.05, 0.1) is 41.5 Å². The molecule has 2 N–H and O–H groups in total. The Morgan fingerprint density at radius 3 is 2.61 bits per heavy atom. The number of rotatable bonds is 5. The zero-order valence-corrected chi connectivity index (χ0v) is 20.5. The lowest BCUT2D eigenvalue weighted by Gasteiger charge is -2.41. The van der Waals surface area contributed by atoms with Crippen LogP contribution in [0.5, 0.6) is 0 Å². The maximum absolute atomic E-state index is 6.73. The molecule has 0 amide bonds. The van der Waals surface area contributed by atoms with Gasteiger partial charge in [0.15, 0.2) is 5.16 Å². The van der Waals surface area contributed by atoms with E-state index in [9.17, 15) is 0 Å². The van der Waals surface area contributed by atoms with Crippen molar-refractivity contribution in [1.82, 2.24) is 19.7 Å². The minimum atomic E-state index is 0.112. The lowest BCUT2D eigenvalue weighted by atomic mass is 9.73. The van der Waals surface area contributed by atoms with Crippen LogP contribution in [0.15, 0.2) is 52.9 Å². The molecule has 2 atom stereocenters. The van der Waals surface area contributed by atoms with Crippen molar-refractivity contribution in [3.05, 3.63) is 47.9 Å². The first-order valence-electron chi connectivity index (χ1n) is 11.4. The Morgan fingerprint density at radius 1 is 1.21 bits per heavy atom. The molecule has 2 saturated heterocycles. The second-order valence-corrected chi connectivity index (χ2v) is 10.3. The zero-order chi connectivity index (χ0) is 23.0. The first kappa shape index (κ1) is 22.7. The van der Waals surface area contributed by atoms with Gasteiger partial charge in [0.2, 0.25) is 0 Å². The molecule has 0 aliphatic carbocycles. The van der Waals surface area contributed by atoms with Crippen molar-refractivity contribution >= 4 is 29.1 Å². The maximum atomic E-state index is 6.73. The van der Waals surface area contributed by atoms with E-state index >= 15 is 0 Å². The van der Waals surface area contributed by atoms with Gasteiger partial charge in [-0.25, -0.2) is 9.97 Å². The largest absolute Gasteiger partial charge is 0.376 e. The number of hydrogen-bond donors (Lipinski definition) is 1. The standard InChI is InChI=1S/C24H29ClN6OS/c1-3-31-10-7-19(29-31)18-5-4-6-20(21(18)25)33-23-27-13-17(14-28-23)30-11-8-24(9-12-30)15-32-16(2)22(24)26/h4-7,10,13-14,16,22H,3,8-9,11-12,15,26H2,1-2H3/t16-,22+/m0/s1. The highest BCUT2D eigenvalue weighted by atomic mass is 35.5. The molecule has 3 aromatic rings. The third-order valence-electron chi connectivity index (χ3n) is 6.99. The second-order valence-electron chi connectivity index (χ2n) is 8.89. The van der Waals surface area contributed by atoms with Crippen LogP contribution in [-0.4, -0.2) is 51.6 Å². The molecule has 4 heterocycles. The first-order chi connectivity index (χ1) is 16.0. The molecule has 33 heavy (non-hydrogen) atoms. The minimum Gasteiger partial charge on any atom is -0.376 e. The summed E-state index contributed by atoms with van der Waals surface area (Å²) in [4.78, 5) is 12.5. The van der Waals surface area contributed by atoms with Crippen molar-refractivity contribution in [3.63, 3.8) is 0 Å². The van der Waals surface area contributed by atoms with E-state index in [2.05, 4.69) is 33.8 Å². The molecule has 1 aromatic carbocycles. The first-order valence-corrected chi connectivity index (χ1v) is 12.6. The Balaban J connectivity index is 1.26. The normalized spacial score (nSPS) is 22.2. The van der Waals surface area contributed by atoms with Gasteiger partial charge in [-0.1, -0.05) is 23.7 Å². The Kier molecular flexibility index (Phi) is 6.35. The molecule has 1 spiro atoms. The smallest absolute Gasteiger partial charge is 0.192 e. The van der Waals surface area contributed by atoms with E-state index < -0.39 is 0 Å². The van der Waals surface area contributed by atoms with Crippen molar-refractivity contribution in [2.45, 2.75) is 55.4 Å². The molecule has 174 valence electrons. The van der Waals surface area contributed by atoms with Crippen LogP contribution in [0, 0.1) is 5.41 Å². The van der Waals surface area contributed by atoms with E-state index in [-0.39, 0.29) is 17.6 Å². The zero-order valence-electron chi connectivity index (χ0n) is 18.9. The Labute approximate surface area is 203 Å². The summed E-state index contributed by atoms with van der Waals surface area (Å²) in [5.74, 6) is 0. The van der Waals surface area contributed by atoms with Gasteiger partial charge in [0.25, 0.3) is 0 Å². The SMILES string of the molecule is CCn1ccc(-c2cccc(Sc3ncc(N4CCC5(CC4)CO[C@@H](C)[C@H]5N)cn3)c2Cl)n1. The van der Waals surface area contributed by atoms with E-state index in [4.69, 9.17) is 22.1 Å². The van der Waals surface area contributed by atoms with Crippen LogP contribution in [0.3, 0.4) is 0 Å². The van der Waals surface area contributed by atoms with Crippen molar-refractivity contribution < 1.29 is 4.74 Å². The Morgan fingerprint density at radius 2 is 1.97 bits per heavy atom. The predicted molar refractivity (Wildman–Crippen MR) is 132 cm³/mol. The molecule has 5 rings (SSSR count). The summed E-state index contributed by atoms with van der Waals surface area (Å²) in [6.45, 7) is 7.62. The lowest BCUT2D eigenvalue weighted by Crippen LogP contribution is -2.50. The molecule has 0 radical (unpaired) electrons. The fraction of sp³-hybridized carbons (Fsp3) is 0.458. The molecular weight excluding hydrogens is 456 g/mol. The van der Waals surface area contributed by atoms with Crippen LogP contribution in [0.2, 0.25) is 5.02 Å². The molecule has 2 aliphatic heterocycles. The quantitative estimate of drug-likeness (QED) is 0.534. The number of nitrogens with two attached hydrogens (primary N) is 1. The number of aryl methyl sites for hydroxylation is 1. The highest BCUT2D eigenvalue weighted by Gasteiger charge is 2.47. The monoisotopic (exact) mass is 484 g/mol. The molecular formula is C24H29ClN6OS. The number of hydrogen-bond acceptors (Lipinski definition) is 7. The van der Waals surface area contributed by atoms with Crippen LogP contribution < -0.4 is 10.6 Å². The second kappa shape index (κ2) is 9.25. The Hall–Kier alpha value is -2.13. The number of piperidine rings is 1. The molecule has 9 heteroatoms. The fourth-order valence-corrected chi connectivity index (χ4v) is 5.87. The number of benzene rings is 1. The molecule has 0 bridgehead atoms. The van der Waals surface area contributed by atoms with Crippen molar-refractivity contribution in [2.75, 3.05) is 24.6 Å². The minimum absolute atomic E-state index is 0.112. The number of aromatic nitrogens is 4. The van der Waals surface area contributed by atoms with Crippen molar-refractivity contribution in [1.29, 1.82) is 0 Å². The van der Waals surface area contributed by atoms with Crippen LogP contribution in [0.1, 0.15) is 26.7 Å². The molecule has 0 saturated carbocycles. The molecule has 7 nitrogen and oxygen atoms in total. The molecule has 0 unspecified atom stereocenters. The molecule has 2 fully saturated rings. The van der Waals surface area contributed by atoms with Gasteiger partial charge in [0.1, 0.15) is 0 Å². The topological polar surface area (TPSA) is 82.1 Å². The lowest BCUT2D eigenvalue weighted by molar-refractivity contribution is 0.0974. The van der Waals surface area contributed by atoms with Crippen LogP contribution in [0.25, 0.3) is 11.3 Å². The van der Waals surface area contributed by atoms with E-state index in [0.717, 1.165) is 60.9 Å². The summed E-state index contributed by atoms with van der Waals surface area (Å²) in [5.41, 5.74) is 9.38. The van der Waals surface area contributed by atoms with Gasteiger partial charge in [0, 0.05) is 47.7 Å².